The highest BCUT2D eigenvalue weighted by molar-refractivity contribution is 5.87. The minimum atomic E-state index is -0.863. The lowest BCUT2D eigenvalue weighted by atomic mass is 9.92. The van der Waals surface area contributed by atoms with E-state index in [2.05, 4.69) is 19.2 Å². The summed E-state index contributed by atoms with van der Waals surface area (Å²) in [4.78, 5) is 10.9. The number of hydrogen-bond acceptors (Lipinski definition) is 2. The van der Waals surface area contributed by atoms with Gasteiger partial charge in [-0.25, -0.2) is 4.79 Å². The molecule has 1 aromatic rings. The van der Waals surface area contributed by atoms with Gasteiger partial charge in [0.05, 0.1) is 5.56 Å². The molecule has 0 bridgehead atoms. The fourth-order valence-electron chi connectivity index (χ4n) is 2.39. The van der Waals surface area contributed by atoms with Crippen LogP contribution in [-0.4, -0.2) is 17.6 Å². The van der Waals surface area contributed by atoms with E-state index in [4.69, 9.17) is 5.11 Å². The summed E-state index contributed by atoms with van der Waals surface area (Å²) in [5, 5.41) is 12.4. The molecule has 0 saturated heterocycles. The number of benzene rings is 1. The van der Waals surface area contributed by atoms with Crippen molar-refractivity contribution in [2.75, 3.05) is 6.54 Å². The van der Waals surface area contributed by atoms with Crippen LogP contribution in [0.15, 0.2) is 24.3 Å². The van der Waals surface area contributed by atoms with Gasteiger partial charge in [-0.15, -0.1) is 0 Å². The summed E-state index contributed by atoms with van der Waals surface area (Å²) < 4.78 is 0. The van der Waals surface area contributed by atoms with Crippen LogP contribution >= 0.6 is 0 Å². The summed E-state index contributed by atoms with van der Waals surface area (Å²) in [6.07, 6.45) is 2.62. The highest BCUT2D eigenvalue weighted by atomic mass is 16.4. The Labute approximate surface area is 108 Å². The summed E-state index contributed by atoms with van der Waals surface area (Å²) in [5.74, 6) is -0.145. The lowest BCUT2D eigenvalue weighted by Gasteiger charge is -2.20. The van der Waals surface area contributed by atoms with E-state index in [1.54, 1.807) is 18.2 Å². The lowest BCUT2D eigenvalue weighted by molar-refractivity contribution is 0.0696. The van der Waals surface area contributed by atoms with Crippen molar-refractivity contribution in [3.05, 3.63) is 35.4 Å². The highest BCUT2D eigenvalue weighted by Gasteiger charge is 2.44. The summed E-state index contributed by atoms with van der Waals surface area (Å²) in [7, 11) is 0. The Morgan fingerprint density at radius 3 is 2.72 bits per heavy atom. The summed E-state index contributed by atoms with van der Waals surface area (Å²) >= 11 is 0. The molecule has 3 nitrogen and oxygen atoms in total. The Kier molecular flexibility index (Phi) is 3.71. The van der Waals surface area contributed by atoms with Crippen LogP contribution in [0.4, 0.5) is 0 Å². The molecule has 1 saturated carbocycles. The van der Waals surface area contributed by atoms with Crippen LogP contribution in [0, 0.1) is 11.3 Å². The lowest BCUT2D eigenvalue weighted by Crippen LogP contribution is -2.27. The SMILES string of the molecule is CC(C)C1(CNCc2cccc(C(=O)O)c2)CC1. The van der Waals surface area contributed by atoms with Gasteiger partial charge >= 0.3 is 5.97 Å². The van der Waals surface area contributed by atoms with E-state index in [1.807, 2.05) is 6.07 Å². The molecular weight excluding hydrogens is 226 g/mol. The summed E-state index contributed by atoms with van der Waals surface area (Å²) in [6.45, 7) is 6.33. The second-order valence-corrected chi connectivity index (χ2v) is 5.63. The maximum atomic E-state index is 10.9. The van der Waals surface area contributed by atoms with Crippen LogP contribution in [0.5, 0.6) is 0 Å². The van der Waals surface area contributed by atoms with Crippen molar-refractivity contribution in [3.63, 3.8) is 0 Å². The molecule has 1 aliphatic rings. The van der Waals surface area contributed by atoms with E-state index >= 15 is 0 Å². The average Bonchev–Trinajstić information content (AvgIpc) is 3.10. The molecule has 18 heavy (non-hydrogen) atoms. The minimum absolute atomic E-state index is 0.360. The van der Waals surface area contributed by atoms with Gasteiger partial charge in [0.1, 0.15) is 0 Å². The van der Waals surface area contributed by atoms with Crippen LogP contribution in [0.1, 0.15) is 42.6 Å². The van der Waals surface area contributed by atoms with E-state index in [-0.39, 0.29) is 0 Å². The van der Waals surface area contributed by atoms with Gasteiger partial charge in [0.15, 0.2) is 0 Å². The molecule has 98 valence electrons. The van der Waals surface area contributed by atoms with Gasteiger partial charge in [-0.1, -0.05) is 26.0 Å². The molecule has 0 radical (unpaired) electrons. The second-order valence-electron chi connectivity index (χ2n) is 5.63. The van der Waals surface area contributed by atoms with Crippen LogP contribution in [0.3, 0.4) is 0 Å². The molecule has 0 spiro atoms. The topological polar surface area (TPSA) is 49.3 Å². The van der Waals surface area contributed by atoms with Gasteiger partial charge in [-0.05, 0) is 41.9 Å². The fourth-order valence-corrected chi connectivity index (χ4v) is 2.39. The van der Waals surface area contributed by atoms with Crippen LogP contribution < -0.4 is 5.32 Å². The molecule has 1 aromatic carbocycles. The minimum Gasteiger partial charge on any atom is -0.478 e. The molecule has 2 N–H and O–H groups in total. The first-order chi connectivity index (χ1) is 8.53. The number of nitrogens with one attached hydrogen (secondary N) is 1. The number of aromatic carboxylic acids is 1. The van der Waals surface area contributed by atoms with Crippen molar-refractivity contribution >= 4 is 5.97 Å². The largest absolute Gasteiger partial charge is 0.478 e. The van der Waals surface area contributed by atoms with Crippen LogP contribution in [-0.2, 0) is 6.54 Å². The first kappa shape index (κ1) is 13.1. The van der Waals surface area contributed by atoms with Crippen LogP contribution in [0.2, 0.25) is 0 Å². The third-order valence-electron chi connectivity index (χ3n) is 4.10. The molecule has 0 unspecified atom stereocenters. The fraction of sp³-hybridized carbons (Fsp3) is 0.533. The van der Waals surface area contributed by atoms with E-state index in [1.165, 1.54) is 12.8 Å². The maximum Gasteiger partial charge on any atom is 0.335 e. The van der Waals surface area contributed by atoms with Crippen LogP contribution in [0.25, 0.3) is 0 Å². The van der Waals surface area contributed by atoms with Gasteiger partial charge in [-0.2, -0.15) is 0 Å². The summed E-state index contributed by atoms with van der Waals surface area (Å²) in [6, 6.07) is 7.14. The molecule has 0 atom stereocenters. The summed E-state index contributed by atoms with van der Waals surface area (Å²) in [5.41, 5.74) is 1.89. The number of carboxylic acid groups (broad SMARTS) is 1. The maximum absolute atomic E-state index is 10.9. The second kappa shape index (κ2) is 5.11. The first-order valence-corrected chi connectivity index (χ1v) is 6.56. The number of hydrogen-bond donors (Lipinski definition) is 2. The van der Waals surface area contributed by atoms with Crippen molar-refractivity contribution in [1.29, 1.82) is 0 Å². The molecule has 1 aliphatic carbocycles. The van der Waals surface area contributed by atoms with Crippen molar-refractivity contribution in [1.82, 2.24) is 5.32 Å². The average molecular weight is 247 g/mol. The number of carbonyl (C=O) groups is 1. The quantitative estimate of drug-likeness (QED) is 0.812. The third-order valence-corrected chi connectivity index (χ3v) is 4.10. The molecule has 0 amide bonds. The van der Waals surface area contributed by atoms with E-state index < -0.39 is 5.97 Å². The molecular formula is C15H21NO2. The predicted octanol–water partition coefficient (Wildman–Crippen LogP) is 2.91. The van der Waals surface area contributed by atoms with Gasteiger partial charge in [0.2, 0.25) is 0 Å². The van der Waals surface area contributed by atoms with Crippen molar-refractivity contribution in [3.8, 4) is 0 Å². The molecule has 0 aliphatic heterocycles. The smallest absolute Gasteiger partial charge is 0.335 e. The molecule has 2 rings (SSSR count). The zero-order valence-electron chi connectivity index (χ0n) is 11.1. The molecule has 1 fully saturated rings. The number of rotatable bonds is 6. The van der Waals surface area contributed by atoms with Gasteiger partial charge < -0.3 is 10.4 Å². The Balaban J connectivity index is 1.87. The van der Waals surface area contributed by atoms with Crippen molar-refractivity contribution in [2.24, 2.45) is 11.3 Å². The zero-order valence-corrected chi connectivity index (χ0v) is 11.1. The Morgan fingerprint density at radius 2 is 2.17 bits per heavy atom. The Morgan fingerprint density at radius 1 is 1.44 bits per heavy atom. The predicted molar refractivity (Wildman–Crippen MR) is 71.6 cm³/mol. The van der Waals surface area contributed by atoms with Crippen molar-refractivity contribution < 1.29 is 9.90 Å². The molecule has 3 heteroatoms. The zero-order chi connectivity index (χ0) is 13.2. The van der Waals surface area contributed by atoms with E-state index in [0.29, 0.717) is 11.0 Å². The standard InChI is InChI=1S/C15H21NO2/c1-11(2)15(6-7-15)10-16-9-12-4-3-5-13(8-12)14(17)18/h3-5,8,11,16H,6-7,9-10H2,1-2H3,(H,17,18). The van der Waals surface area contributed by atoms with E-state index in [9.17, 15) is 4.79 Å². The van der Waals surface area contributed by atoms with Gasteiger partial charge in [0, 0.05) is 13.1 Å². The monoisotopic (exact) mass is 247 g/mol. The normalized spacial score (nSPS) is 16.8. The van der Waals surface area contributed by atoms with Gasteiger partial charge in [-0.3, -0.25) is 0 Å². The van der Waals surface area contributed by atoms with Gasteiger partial charge in [0.25, 0.3) is 0 Å². The van der Waals surface area contributed by atoms with Crippen molar-refractivity contribution in [2.45, 2.75) is 33.2 Å². The number of carboxylic acids is 1. The Bertz CT molecular complexity index is 436. The molecule has 0 aromatic heterocycles. The van der Waals surface area contributed by atoms with E-state index in [0.717, 1.165) is 24.6 Å². The Hall–Kier alpha value is -1.35. The highest BCUT2D eigenvalue weighted by Crippen LogP contribution is 2.51. The molecule has 0 heterocycles. The first-order valence-electron chi connectivity index (χ1n) is 6.56. The third kappa shape index (κ3) is 2.91.